The molecule has 0 saturated carbocycles. The standard InChI is InChI=1S/C15H18FN3/c16-13-5-3-12(4-6-13)15-10-18-11-19(15)14-2-1-8-17-9-7-14/h3-6,10-11,14,17H,1-2,7-9H2. The molecule has 2 heterocycles. The van der Waals surface area contributed by atoms with Crippen LogP contribution in [-0.4, -0.2) is 22.6 Å². The minimum absolute atomic E-state index is 0.200. The number of hydrogen-bond donors (Lipinski definition) is 1. The molecule has 0 amide bonds. The number of hydrogen-bond acceptors (Lipinski definition) is 2. The zero-order chi connectivity index (χ0) is 13.1. The second kappa shape index (κ2) is 5.53. The molecule has 1 saturated heterocycles. The monoisotopic (exact) mass is 259 g/mol. The minimum Gasteiger partial charge on any atom is -0.327 e. The normalized spacial score (nSPS) is 20.2. The van der Waals surface area contributed by atoms with Gasteiger partial charge in [0.15, 0.2) is 0 Å². The van der Waals surface area contributed by atoms with Gasteiger partial charge in [-0.1, -0.05) is 0 Å². The smallest absolute Gasteiger partial charge is 0.123 e. The van der Waals surface area contributed by atoms with E-state index in [1.807, 2.05) is 24.7 Å². The molecule has 1 aromatic heterocycles. The molecule has 1 aliphatic rings. The Bertz CT molecular complexity index is 525. The highest BCUT2D eigenvalue weighted by atomic mass is 19.1. The van der Waals surface area contributed by atoms with Crippen molar-refractivity contribution in [3.05, 3.63) is 42.6 Å². The van der Waals surface area contributed by atoms with Crippen LogP contribution >= 0.6 is 0 Å². The average Bonchev–Trinajstić information content (AvgIpc) is 2.75. The van der Waals surface area contributed by atoms with Crippen LogP contribution in [-0.2, 0) is 0 Å². The van der Waals surface area contributed by atoms with Gasteiger partial charge in [-0.15, -0.1) is 0 Å². The molecule has 1 atom stereocenters. The summed E-state index contributed by atoms with van der Waals surface area (Å²) in [4.78, 5) is 4.28. The average molecular weight is 259 g/mol. The van der Waals surface area contributed by atoms with Crippen molar-refractivity contribution in [1.82, 2.24) is 14.9 Å². The minimum atomic E-state index is -0.200. The Morgan fingerprint density at radius 3 is 2.84 bits per heavy atom. The van der Waals surface area contributed by atoms with Crippen molar-refractivity contribution in [1.29, 1.82) is 0 Å². The summed E-state index contributed by atoms with van der Waals surface area (Å²) >= 11 is 0. The van der Waals surface area contributed by atoms with E-state index in [1.54, 1.807) is 0 Å². The molecular weight excluding hydrogens is 241 g/mol. The molecule has 1 aromatic carbocycles. The van der Waals surface area contributed by atoms with E-state index in [0.29, 0.717) is 6.04 Å². The highest BCUT2D eigenvalue weighted by Crippen LogP contribution is 2.27. The second-order valence-corrected chi connectivity index (χ2v) is 5.03. The fourth-order valence-electron chi connectivity index (χ4n) is 2.72. The van der Waals surface area contributed by atoms with Gasteiger partial charge in [-0.2, -0.15) is 0 Å². The van der Waals surface area contributed by atoms with Gasteiger partial charge in [0.1, 0.15) is 5.82 Å². The van der Waals surface area contributed by atoms with Crippen molar-refractivity contribution >= 4 is 0 Å². The maximum Gasteiger partial charge on any atom is 0.123 e. The fourth-order valence-corrected chi connectivity index (χ4v) is 2.72. The van der Waals surface area contributed by atoms with Crippen LogP contribution in [0, 0.1) is 5.82 Å². The number of aromatic nitrogens is 2. The molecule has 3 rings (SSSR count). The first-order valence-corrected chi connectivity index (χ1v) is 6.83. The van der Waals surface area contributed by atoms with Crippen molar-refractivity contribution in [2.75, 3.05) is 13.1 Å². The van der Waals surface area contributed by atoms with Gasteiger partial charge >= 0.3 is 0 Å². The van der Waals surface area contributed by atoms with Crippen molar-refractivity contribution < 1.29 is 4.39 Å². The number of benzene rings is 1. The number of halogens is 1. The Balaban J connectivity index is 1.90. The van der Waals surface area contributed by atoms with E-state index in [0.717, 1.165) is 37.2 Å². The third kappa shape index (κ3) is 2.68. The molecule has 100 valence electrons. The van der Waals surface area contributed by atoms with Gasteiger partial charge in [-0.05, 0) is 62.2 Å². The van der Waals surface area contributed by atoms with Gasteiger partial charge in [0, 0.05) is 6.04 Å². The van der Waals surface area contributed by atoms with Crippen molar-refractivity contribution in [2.24, 2.45) is 0 Å². The Morgan fingerprint density at radius 1 is 1.16 bits per heavy atom. The molecule has 3 nitrogen and oxygen atoms in total. The molecule has 1 fully saturated rings. The lowest BCUT2D eigenvalue weighted by atomic mass is 10.1. The van der Waals surface area contributed by atoms with Crippen LogP contribution in [0.4, 0.5) is 4.39 Å². The zero-order valence-corrected chi connectivity index (χ0v) is 10.8. The molecule has 0 aliphatic carbocycles. The highest BCUT2D eigenvalue weighted by molar-refractivity contribution is 5.58. The van der Waals surface area contributed by atoms with Gasteiger partial charge in [0.25, 0.3) is 0 Å². The van der Waals surface area contributed by atoms with Crippen LogP contribution in [0.3, 0.4) is 0 Å². The van der Waals surface area contributed by atoms with E-state index < -0.39 is 0 Å². The van der Waals surface area contributed by atoms with Crippen LogP contribution < -0.4 is 5.32 Å². The Labute approximate surface area is 112 Å². The summed E-state index contributed by atoms with van der Waals surface area (Å²) in [6, 6.07) is 7.12. The summed E-state index contributed by atoms with van der Waals surface area (Å²) in [7, 11) is 0. The van der Waals surface area contributed by atoms with Crippen molar-refractivity contribution in [3.63, 3.8) is 0 Å². The Morgan fingerprint density at radius 2 is 2.00 bits per heavy atom. The quantitative estimate of drug-likeness (QED) is 0.898. The Kier molecular flexibility index (Phi) is 3.60. The summed E-state index contributed by atoms with van der Waals surface area (Å²) in [5, 5.41) is 3.42. The van der Waals surface area contributed by atoms with Crippen LogP contribution in [0.5, 0.6) is 0 Å². The van der Waals surface area contributed by atoms with Crippen molar-refractivity contribution in [2.45, 2.75) is 25.3 Å². The lowest BCUT2D eigenvalue weighted by Gasteiger charge is -2.18. The lowest BCUT2D eigenvalue weighted by Crippen LogP contribution is -2.15. The predicted molar refractivity (Wildman–Crippen MR) is 73.4 cm³/mol. The fraction of sp³-hybridized carbons (Fsp3) is 0.400. The van der Waals surface area contributed by atoms with Gasteiger partial charge in [0.2, 0.25) is 0 Å². The van der Waals surface area contributed by atoms with Crippen LogP contribution in [0.25, 0.3) is 11.3 Å². The van der Waals surface area contributed by atoms with Gasteiger partial charge in [-0.3, -0.25) is 0 Å². The Hall–Kier alpha value is -1.68. The van der Waals surface area contributed by atoms with Crippen LogP contribution in [0.15, 0.2) is 36.8 Å². The topological polar surface area (TPSA) is 29.9 Å². The predicted octanol–water partition coefficient (Wildman–Crippen LogP) is 3.00. The summed E-state index contributed by atoms with van der Waals surface area (Å²) in [5.74, 6) is -0.200. The van der Waals surface area contributed by atoms with Crippen LogP contribution in [0.1, 0.15) is 25.3 Å². The molecule has 0 radical (unpaired) electrons. The molecule has 1 aliphatic heterocycles. The first-order chi connectivity index (χ1) is 9.34. The zero-order valence-electron chi connectivity index (χ0n) is 10.8. The van der Waals surface area contributed by atoms with E-state index in [9.17, 15) is 4.39 Å². The highest BCUT2D eigenvalue weighted by Gasteiger charge is 2.17. The summed E-state index contributed by atoms with van der Waals surface area (Å²) in [5.41, 5.74) is 2.10. The molecular formula is C15H18FN3. The third-order valence-electron chi connectivity index (χ3n) is 3.74. The number of rotatable bonds is 2. The maximum atomic E-state index is 13.0. The largest absolute Gasteiger partial charge is 0.327 e. The van der Waals surface area contributed by atoms with Gasteiger partial charge < -0.3 is 9.88 Å². The second-order valence-electron chi connectivity index (χ2n) is 5.03. The van der Waals surface area contributed by atoms with E-state index in [1.165, 1.54) is 18.6 Å². The molecule has 2 aromatic rings. The van der Waals surface area contributed by atoms with E-state index in [-0.39, 0.29) is 5.82 Å². The summed E-state index contributed by atoms with van der Waals surface area (Å²) in [6.07, 6.45) is 7.23. The maximum absolute atomic E-state index is 13.0. The first-order valence-electron chi connectivity index (χ1n) is 6.83. The third-order valence-corrected chi connectivity index (χ3v) is 3.74. The van der Waals surface area contributed by atoms with Crippen LogP contribution in [0.2, 0.25) is 0 Å². The molecule has 0 spiro atoms. The number of nitrogens with zero attached hydrogens (tertiary/aromatic N) is 2. The van der Waals surface area contributed by atoms with E-state index in [4.69, 9.17) is 0 Å². The number of nitrogens with one attached hydrogen (secondary N) is 1. The molecule has 19 heavy (non-hydrogen) atoms. The lowest BCUT2D eigenvalue weighted by molar-refractivity contribution is 0.457. The summed E-state index contributed by atoms with van der Waals surface area (Å²) in [6.45, 7) is 2.14. The van der Waals surface area contributed by atoms with Gasteiger partial charge in [0.05, 0.1) is 18.2 Å². The summed E-state index contributed by atoms with van der Waals surface area (Å²) < 4.78 is 15.2. The van der Waals surface area contributed by atoms with E-state index >= 15 is 0 Å². The van der Waals surface area contributed by atoms with Crippen molar-refractivity contribution in [3.8, 4) is 11.3 Å². The first kappa shape index (κ1) is 12.4. The van der Waals surface area contributed by atoms with E-state index in [2.05, 4.69) is 14.9 Å². The molecule has 1 unspecified atom stereocenters. The molecule has 1 N–H and O–H groups in total. The number of imidazole rings is 1. The van der Waals surface area contributed by atoms with Gasteiger partial charge in [-0.25, -0.2) is 9.37 Å². The molecule has 0 bridgehead atoms. The molecule has 4 heteroatoms. The SMILES string of the molecule is Fc1ccc(-c2cncn2C2CCCNCC2)cc1.